The van der Waals surface area contributed by atoms with Crippen molar-refractivity contribution in [3.05, 3.63) is 53.3 Å². The number of hydrogen-bond donors (Lipinski definition) is 2. The van der Waals surface area contributed by atoms with E-state index in [9.17, 15) is 22.4 Å². The number of carbonyl (C=O) groups is 2. The van der Waals surface area contributed by atoms with Crippen molar-refractivity contribution in [2.24, 2.45) is 0 Å². The third-order valence-corrected chi connectivity index (χ3v) is 4.78. The Balaban J connectivity index is 2.19. The lowest BCUT2D eigenvalue weighted by molar-refractivity contribution is -0.115. The third kappa shape index (κ3) is 5.93. The third-order valence-electron chi connectivity index (χ3n) is 3.35. The van der Waals surface area contributed by atoms with E-state index in [1.54, 1.807) is 18.2 Å². The summed E-state index contributed by atoms with van der Waals surface area (Å²) in [6, 6.07) is 9.73. The van der Waals surface area contributed by atoms with Crippen molar-refractivity contribution >= 4 is 50.5 Å². The number of sulfonamides is 1. The zero-order valence-corrected chi connectivity index (χ0v) is 16.1. The maximum Gasteiger partial charge on any atom is 0.245 e. The lowest BCUT2D eigenvalue weighted by Crippen LogP contribution is -2.37. The highest BCUT2D eigenvalue weighted by atomic mass is 35.5. The van der Waals surface area contributed by atoms with Crippen LogP contribution in [-0.4, -0.2) is 33.0 Å². The quantitative estimate of drug-likeness (QED) is 0.761. The Labute approximate surface area is 161 Å². The largest absolute Gasteiger partial charge is 0.326 e. The molecule has 2 aromatic carbocycles. The number of hydrogen-bond acceptors (Lipinski definition) is 4. The van der Waals surface area contributed by atoms with Gasteiger partial charge in [-0.15, -0.1) is 0 Å². The molecule has 0 radical (unpaired) electrons. The van der Waals surface area contributed by atoms with Crippen molar-refractivity contribution in [2.45, 2.75) is 6.92 Å². The van der Waals surface area contributed by atoms with E-state index < -0.39 is 28.3 Å². The maximum absolute atomic E-state index is 13.3. The summed E-state index contributed by atoms with van der Waals surface area (Å²) in [5, 5.41) is 4.86. The molecule has 0 heterocycles. The molecule has 0 unspecified atom stereocenters. The Bertz CT molecular complexity index is 982. The fourth-order valence-corrected chi connectivity index (χ4v) is 3.27. The minimum Gasteiger partial charge on any atom is -0.326 e. The summed E-state index contributed by atoms with van der Waals surface area (Å²) in [6.45, 7) is 0.814. The molecule has 0 saturated carbocycles. The fraction of sp³-hybridized carbons (Fsp3) is 0.176. The molecule has 0 atom stereocenters. The van der Waals surface area contributed by atoms with E-state index in [-0.39, 0.29) is 16.6 Å². The highest BCUT2D eigenvalue weighted by Crippen LogP contribution is 2.24. The molecule has 10 heteroatoms. The van der Waals surface area contributed by atoms with Gasteiger partial charge in [0.1, 0.15) is 12.4 Å². The van der Waals surface area contributed by atoms with Gasteiger partial charge in [-0.1, -0.05) is 17.7 Å². The minimum absolute atomic E-state index is 0.0612. The van der Waals surface area contributed by atoms with Gasteiger partial charge in [-0.25, -0.2) is 12.8 Å². The van der Waals surface area contributed by atoms with Crippen LogP contribution in [0.4, 0.5) is 21.5 Å². The van der Waals surface area contributed by atoms with Gasteiger partial charge in [-0.3, -0.25) is 13.9 Å². The molecule has 7 nitrogen and oxygen atoms in total. The molecule has 2 amide bonds. The summed E-state index contributed by atoms with van der Waals surface area (Å²) in [5.41, 5.74) is 0.911. The first-order chi connectivity index (χ1) is 12.6. The monoisotopic (exact) mass is 413 g/mol. The van der Waals surface area contributed by atoms with E-state index in [0.717, 1.165) is 22.7 Å². The standard InChI is InChI=1S/C17H17ClFN3O4S/c1-11(23)20-12-4-3-5-13(8-12)21-17(24)10-22(27(2,25)26)14-6-7-16(19)15(18)9-14/h3-9H,10H2,1-2H3,(H,20,23)(H,21,24). The van der Waals surface area contributed by atoms with Crippen molar-refractivity contribution in [1.82, 2.24) is 0 Å². The molecule has 0 aromatic heterocycles. The van der Waals surface area contributed by atoms with Crippen LogP contribution in [0.25, 0.3) is 0 Å². The Morgan fingerprint density at radius 3 is 2.30 bits per heavy atom. The van der Waals surface area contributed by atoms with Gasteiger partial charge >= 0.3 is 0 Å². The van der Waals surface area contributed by atoms with Crippen LogP contribution in [0.5, 0.6) is 0 Å². The molecule has 2 rings (SSSR count). The van der Waals surface area contributed by atoms with Gasteiger partial charge in [0.25, 0.3) is 0 Å². The predicted molar refractivity (Wildman–Crippen MR) is 103 cm³/mol. The first-order valence-electron chi connectivity index (χ1n) is 7.66. The summed E-state index contributed by atoms with van der Waals surface area (Å²) in [4.78, 5) is 23.4. The number of benzene rings is 2. The zero-order chi connectivity index (χ0) is 20.2. The average Bonchev–Trinajstić information content (AvgIpc) is 2.54. The highest BCUT2D eigenvalue weighted by molar-refractivity contribution is 7.92. The van der Waals surface area contributed by atoms with Crippen LogP contribution in [0, 0.1) is 5.82 Å². The Kier molecular flexibility index (Phi) is 6.40. The van der Waals surface area contributed by atoms with Crippen LogP contribution in [0.15, 0.2) is 42.5 Å². The van der Waals surface area contributed by atoms with E-state index in [2.05, 4.69) is 10.6 Å². The molecule has 0 aliphatic carbocycles. The second-order valence-corrected chi connectivity index (χ2v) is 7.99. The summed E-state index contributed by atoms with van der Waals surface area (Å²) in [6.07, 6.45) is 0.926. The fourth-order valence-electron chi connectivity index (χ4n) is 2.25. The number of nitrogens with zero attached hydrogens (tertiary/aromatic N) is 1. The van der Waals surface area contributed by atoms with Crippen LogP contribution in [0.2, 0.25) is 5.02 Å². The Morgan fingerprint density at radius 2 is 1.74 bits per heavy atom. The van der Waals surface area contributed by atoms with Crippen LogP contribution < -0.4 is 14.9 Å². The van der Waals surface area contributed by atoms with Crippen molar-refractivity contribution in [3.8, 4) is 0 Å². The average molecular weight is 414 g/mol. The van der Waals surface area contributed by atoms with Gasteiger partial charge in [-0.05, 0) is 36.4 Å². The van der Waals surface area contributed by atoms with Crippen LogP contribution in [-0.2, 0) is 19.6 Å². The molecule has 0 aliphatic rings. The first kappa shape index (κ1) is 20.7. The van der Waals surface area contributed by atoms with Crippen molar-refractivity contribution in [3.63, 3.8) is 0 Å². The van der Waals surface area contributed by atoms with E-state index >= 15 is 0 Å². The lowest BCUT2D eigenvalue weighted by Gasteiger charge is -2.22. The number of halogens is 2. The van der Waals surface area contributed by atoms with Gasteiger partial charge in [-0.2, -0.15) is 0 Å². The number of anilines is 3. The molecule has 0 fully saturated rings. The maximum atomic E-state index is 13.3. The SMILES string of the molecule is CC(=O)Nc1cccc(NC(=O)CN(c2ccc(F)c(Cl)c2)S(C)(=O)=O)c1. The van der Waals surface area contributed by atoms with E-state index in [1.807, 2.05) is 0 Å². The Morgan fingerprint density at radius 1 is 1.11 bits per heavy atom. The van der Waals surface area contributed by atoms with Crippen molar-refractivity contribution < 1.29 is 22.4 Å². The molecule has 2 N–H and O–H groups in total. The molecular weight excluding hydrogens is 397 g/mol. The van der Waals surface area contributed by atoms with Crippen molar-refractivity contribution in [2.75, 3.05) is 27.7 Å². The number of carbonyl (C=O) groups excluding carboxylic acids is 2. The smallest absolute Gasteiger partial charge is 0.245 e. The molecule has 27 heavy (non-hydrogen) atoms. The summed E-state index contributed by atoms with van der Waals surface area (Å²) in [7, 11) is -3.82. The van der Waals surface area contributed by atoms with E-state index in [4.69, 9.17) is 11.6 Å². The van der Waals surface area contributed by atoms with Crippen LogP contribution >= 0.6 is 11.6 Å². The van der Waals surface area contributed by atoms with Crippen LogP contribution in [0.1, 0.15) is 6.92 Å². The molecule has 2 aromatic rings. The molecule has 0 saturated heterocycles. The van der Waals surface area contributed by atoms with Gasteiger partial charge in [0, 0.05) is 18.3 Å². The summed E-state index contributed by atoms with van der Waals surface area (Å²) >= 11 is 5.70. The molecular formula is C17H17ClFN3O4S. The highest BCUT2D eigenvalue weighted by Gasteiger charge is 2.22. The predicted octanol–water partition coefficient (Wildman–Crippen LogP) is 2.84. The van der Waals surface area contributed by atoms with Crippen molar-refractivity contribution in [1.29, 1.82) is 0 Å². The van der Waals surface area contributed by atoms with Gasteiger partial charge in [0.2, 0.25) is 21.8 Å². The summed E-state index contributed by atoms with van der Waals surface area (Å²) < 4.78 is 38.2. The number of rotatable bonds is 6. The second kappa shape index (κ2) is 8.36. The summed E-state index contributed by atoms with van der Waals surface area (Å²) in [5.74, 6) is -1.59. The Hall–Kier alpha value is -2.65. The minimum atomic E-state index is -3.82. The molecule has 0 aliphatic heterocycles. The molecule has 0 spiro atoms. The number of nitrogens with one attached hydrogen (secondary N) is 2. The van der Waals surface area contributed by atoms with E-state index in [0.29, 0.717) is 11.4 Å². The van der Waals surface area contributed by atoms with E-state index in [1.165, 1.54) is 19.1 Å². The van der Waals surface area contributed by atoms with Crippen LogP contribution in [0.3, 0.4) is 0 Å². The zero-order valence-electron chi connectivity index (χ0n) is 14.5. The molecule has 144 valence electrons. The lowest BCUT2D eigenvalue weighted by atomic mass is 10.2. The van der Waals surface area contributed by atoms with Gasteiger partial charge < -0.3 is 10.6 Å². The normalized spacial score (nSPS) is 11.0. The number of amides is 2. The first-order valence-corrected chi connectivity index (χ1v) is 9.89. The second-order valence-electron chi connectivity index (χ2n) is 5.68. The van der Waals surface area contributed by atoms with Gasteiger partial charge in [0.05, 0.1) is 17.0 Å². The molecule has 0 bridgehead atoms. The van der Waals surface area contributed by atoms with Gasteiger partial charge in [0.15, 0.2) is 0 Å². The topological polar surface area (TPSA) is 95.6 Å².